The first kappa shape index (κ1) is 16.8. The molecule has 1 aliphatic heterocycles. The Bertz CT molecular complexity index is 994. The molecule has 1 aliphatic carbocycles. The topological polar surface area (TPSA) is 41.0 Å². The van der Waals surface area contributed by atoms with Crippen molar-refractivity contribution in [3.8, 4) is 0 Å². The minimum Gasteiger partial charge on any atom is -0.306 e. The summed E-state index contributed by atoms with van der Waals surface area (Å²) >= 11 is 0. The SMILES string of the molecule is O=c1[nH]c2ccccc2n1C1CCN(C2CCCCc3ccccc32)CC1. The number of nitrogens with zero attached hydrogens (tertiary/aromatic N) is 2. The second-order valence-corrected chi connectivity index (χ2v) is 8.04. The molecule has 1 saturated heterocycles. The zero-order chi connectivity index (χ0) is 18.2. The van der Waals surface area contributed by atoms with Gasteiger partial charge in [0, 0.05) is 25.2 Å². The van der Waals surface area contributed by atoms with Gasteiger partial charge in [-0.05, 0) is 55.4 Å². The molecule has 0 spiro atoms. The lowest BCUT2D eigenvalue weighted by Crippen LogP contribution is -2.39. The second-order valence-electron chi connectivity index (χ2n) is 8.04. The van der Waals surface area contributed by atoms with E-state index in [-0.39, 0.29) is 5.69 Å². The molecule has 4 heteroatoms. The molecular formula is C23H27N3O. The lowest BCUT2D eigenvalue weighted by atomic mass is 9.94. The van der Waals surface area contributed by atoms with E-state index in [1.54, 1.807) is 0 Å². The summed E-state index contributed by atoms with van der Waals surface area (Å²) in [7, 11) is 0. The molecule has 2 aliphatic rings. The highest BCUT2D eigenvalue weighted by molar-refractivity contribution is 5.75. The molecular weight excluding hydrogens is 334 g/mol. The van der Waals surface area contributed by atoms with Crippen molar-refractivity contribution in [3.05, 3.63) is 70.1 Å². The Morgan fingerprint density at radius 2 is 1.67 bits per heavy atom. The fourth-order valence-corrected chi connectivity index (χ4v) is 5.17. The van der Waals surface area contributed by atoms with Crippen LogP contribution in [0.5, 0.6) is 0 Å². The van der Waals surface area contributed by atoms with Crippen molar-refractivity contribution in [3.63, 3.8) is 0 Å². The molecule has 1 unspecified atom stereocenters. The van der Waals surface area contributed by atoms with Gasteiger partial charge in [0.25, 0.3) is 0 Å². The number of hydrogen-bond donors (Lipinski definition) is 1. The van der Waals surface area contributed by atoms with Gasteiger partial charge in [0.15, 0.2) is 0 Å². The zero-order valence-corrected chi connectivity index (χ0v) is 15.7. The number of hydrogen-bond acceptors (Lipinski definition) is 2. The third-order valence-electron chi connectivity index (χ3n) is 6.52. The van der Waals surface area contributed by atoms with Crippen LogP contribution in [0.3, 0.4) is 0 Å². The van der Waals surface area contributed by atoms with Gasteiger partial charge in [-0.3, -0.25) is 9.47 Å². The van der Waals surface area contributed by atoms with Crippen molar-refractivity contribution in [2.75, 3.05) is 13.1 Å². The molecule has 27 heavy (non-hydrogen) atoms. The van der Waals surface area contributed by atoms with E-state index in [0.29, 0.717) is 12.1 Å². The van der Waals surface area contributed by atoms with E-state index in [1.807, 2.05) is 22.8 Å². The number of benzene rings is 2. The van der Waals surface area contributed by atoms with Gasteiger partial charge in [0.2, 0.25) is 0 Å². The van der Waals surface area contributed by atoms with E-state index >= 15 is 0 Å². The summed E-state index contributed by atoms with van der Waals surface area (Å²) in [6.45, 7) is 2.13. The van der Waals surface area contributed by atoms with Gasteiger partial charge >= 0.3 is 5.69 Å². The number of rotatable bonds is 2. The molecule has 0 radical (unpaired) electrons. The van der Waals surface area contributed by atoms with Crippen molar-refractivity contribution in [2.45, 2.75) is 50.6 Å². The summed E-state index contributed by atoms with van der Waals surface area (Å²) in [6, 6.07) is 17.9. The Morgan fingerprint density at radius 3 is 2.56 bits per heavy atom. The van der Waals surface area contributed by atoms with E-state index in [2.05, 4.69) is 40.2 Å². The second kappa shape index (κ2) is 7.01. The average molecular weight is 361 g/mol. The Kier molecular flexibility index (Phi) is 4.36. The highest BCUT2D eigenvalue weighted by Gasteiger charge is 2.30. The van der Waals surface area contributed by atoms with E-state index in [4.69, 9.17) is 0 Å². The van der Waals surface area contributed by atoms with Gasteiger partial charge < -0.3 is 4.98 Å². The molecule has 3 aromatic rings. The van der Waals surface area contributed by atoms with Crippen LogP contribution in [0.2, 0.25) is 0 Å². The van der Waals surface area contributed by atoms with Gasteiger partial charge in [-0.2, -0.15) is 0 Å². The summed E-state index contributed by atoms with van der Waals surface area (Å²) in [5, 5.41) is 0. The molecule has 2 aromatic carbocycles. The molecule has 0 saturated carbocycles. The molecule has 0 bridgehead atoms. The summed E-state index contributed by atoms with van der Waals surface area (Å²) < 4.78 is 1.99. The number of aromatic amines is 1. The number of likely N-dealkylation sites (tertiary alicyclic amines) is 1. The van der Waals surface area contributed by atoms with Gasteiger partial charge in [-0.1, -0.05) is 42.8 Å². The number of piperidine rings is 1. The van der Waals surface area contributed by atoms with Crippen molar-refractivity contribution in [1.82, 2.24) is 14.5 Å². The molecule has 4 nitrogen and oxygen atoms in total. The molecule has 1 atom stereocenters. The lowest BCUT2D eigenvalue weighted by Gasteiger charge is -2.38. The highest BCUT2D eigenvalue weighted by Crippen LogP contribution is 2.36. The van der Waals surface area contributed by atoms with E-state index < -0.39 is 0 Å². The summed E-state index contributed by atoms with van der Waals surface area (Å²) in [5.74, 6) is 0. The average Bonchev–Trinajstić information content (AvgIpc) is 2.90. The minimum absolute atomic E-state index is 0.0365. The first-order valence-electron chi connectivity index (χ1n) is 10.3. The molecule has 5 rings (SSSR count). The molecule has 1 aromatic heterocycles. The van der Waals surface area contributed by atoms with Crippen LogP contribution in [-0.2, 0) is 6.42 Å². The predicted molar refractivity (Wildman–Crippen MR) is 109 cm³/mol. The van der Waals surface area contributed by atoms with Gasteiger partial charge in [0.1, 0.15) is 0 Å². The van der Waals surface area contributed by atoms with E-state index in [9.17, 15) is 4.79 Å². The van der Waals surface area contributed by atoms with Crippen LogP contribution in [0.1, 0.15) is 55.3 Å². The number of imidazole rings is 1. The number of nitrogens with one attached hydrogen (secondary N) is 1. The van der Waals surface area contributed by atoms with Gasteiger partial charge in [-0.25, -0.2) is 4.79 Å². The van der Waals surface area contributed by atoms with Crippen LogP contribution in [0.15, 0.2) is 53.3 Å². The predicted octanol–water partition coefficient (Wildman–Crippen LogP) is 4.43. The van der Waals surface area contributed by atoms with Crippen LogP contribution in [-0.4, -0.2) is 27.5 Å². The Morgan fingerprint density at radius 1 is 0.889 bits per heavy atom. The maximum Gasteiger partial charge on any atom is 0.326 e. The van der Waals surface area contributed by atoms with Gasteiger partial charge in [-0.15, -0.1) is 0 Å². The van der Waals surface area contributed by atoms with Crippen molar-refractivity contribution >= 4 is 11.0 Å². The Labute approximate surface area is 159 Å². The highest BCUT2D eigenvalue weighted by atomic mass is 16.1. The van der Waals surface area contributed by atoms with Crippen LogP contribution in [0.25, 0.3) is 11.0 Å². The Hall–Kier alpha value is -2.33. The standard InChI is InChI=1S/C23H27N3O/c27-23-24-20-10-4-6-12-22(20)26(23)18-13-15-25(16-14-18)21-11-5-2-8-17-7-1-3-9-19(17)21/h1,3-4,6-7,9-10,12,18,21H,2,5,8,11,13-16H2,(H,24,27). The van der Waals surface area contributed by atoms with Crippen LogP contribution >= 0.6 is 0 Å². The normalized spacial score (nSPS) is 21.9. The summed E-state index contributed by atoms with van der Waals surface area (Å²) in [6.07, 6.45) is 7.17. The number of aryl methyl sites for hydroxylation is 1. The first-order chi connectivity index (χ1) is 13.3. The quantitative estimate of drug-likeness (QED) is 0.686. The number of aromatic nitrogens is 2. The number of para-hydroxylation sites is 2. The number of H-pyrrole nitrogens is 1. The maximum atomic E-state index is 12.5. The number of fused-ring (bicyclic) bond motifs is 2. The van der Waals surface area contributed by atoms with E-state index in [1.165, 1.54) is 36.8 Å². The van der Waals surface area contributed by atoms with Crippen molar-refractivity contribution < 1.29 is 0 Å². The smallest absolute Gasteiger partial charge is 0.306 e. The third kappa shape index (κ3) is 3.02. The summed E-state index contributed by atoms with van der Waals surface area (Å²) in [4.78, 5) is 18.2. The maximum absolute atomic E-state index is 12.5. The van der Waals surface area contributed by atoms with Crippen molar-refractivity contribution in [2.24, 2.45) is 0 Å². The van der Waals surface area contributed by atoms with Gasteiger partial charge in [0.05, 0.1) is 11.0 Å². The lowest BCUT2D eigenvalue weighted by molar-refractivity contribution is 0.128. The fourth-order valence-electron chi connectivity index (χ4n) is 5.17. The van der Waals surface area contributed by atoms with Crippen LogP contribution < -0.4 is 5.69 Å². The summed E-state index contributed by atoms with van der Waals surface area (Å²) in [5.41, 5.74) is 5.10. The van der Waals surface area contributed by atoms with Crippen LogP contribution in [0, 0.1) is 0 Å². The Balaban J connectivity index is 1.38. The first-order valence-corrected chi connectivity index (χ1v) is 10.3. The molecule has 0 amide bonds. The third-order valence-corrected chi connectivity index (χ3v) is 6.52. The minimum atomic E-state index is 0.0365. The molecule has 1 fully saturated rings. The molecule has 1 N–H and O–H groups in total. The molecule has 2 heterocycles. The largest absolute Gasteiger partial charge is 0.326 e. The van der Waals surface area contributed by atoms with E-state index in [0.717, 1.165) is 37.0 Å². The van der Waals surface area contributed by atoms with Crippen molar-refractivity contribution in [1.29, 1.82) is 0 Å². The molecule has 140 valence electrons. The van der Waals surface area contributed by atoms with Crippen LogP contribution in [0.4, 0.5) is 0 Å². The monoisotopic (exact) mass is 361 g/mol. The fraction of sp³-hybridized carbons (Fsp3) is 0.435. The zero-order valence-electron chi connectivity index (χ0n) is 15.7.